The van der Waals surface area contributed by atoms with E-state index in [2.05, 4.69) is 4.98 Å². The van der Waals surface area contributed by atoms with Gasteiger partial charge in [0.05, 0.1) is 5.92 Å². The quantitative estimate of drug-likeness (QED) is 0.794. The minimum atomic E-state index is -0.946. The minimum absolute atomic E-state index is 0.0262. The van der Waals surface area contributed by atoms with Gasteiger partial charge in [-0.25, -0.2) is 4.98 Å². The van der Waals surface area contributed by atoms with Crippen LogP contribution < -0.4 is 4.90 Å². The highest BCUT2D eigenvalue weighted by Gasteiger charge is 2.35. The SMILES string of the molecule is Cc1ccc(-c2nc3ccc(N4C[C@H](C(=O)O)CC4=O)cc3o2)cc1. The molecule has 25 heavy (non-hydrogen) atoms. The number of oxazole rings is 1. The molecule has 1 fully saturated rings. The Morgan fingerprint density at radius 3 is 2.68 bits per heavy atom. The van der Waals surface area contributed by atoms with Crippen molar-refractivity contribution in [2.24, 2.45) is 5.92 Å². The zero-order valence-corrected chi connectivity index (χ0v) is 13.6. The molecule has 126 valence electrons. The number of carbonyl (C=O) groups is 2. The molecule has 0 saturated carbocycles. The highest BCUT2D eigenvalue weighted by atomic mass is 16.4. The molecule has 2 aromatic carbocycles. The van der Waals surface area contributed by atoms with Gasteiger partial charge in [0.25, 0.3) is 0 Å². The lowest BCUT2D eigenvalue weighted by Gasteiger charge is -2.15. The van der Waals surface area contributed by atoms with Gasteiger partial charge in [-0.05, 0) is 31.2 Å². The van der Waals surface area contributed by atoms with Gasteiger partial charge in [-0.1, -0.05) is 17.7 Å². The monoisotopic (exact) mass is 336 g/mol. The summed E-state index contributed by atoms with van der Waals surface area (Å²) in [4.78, 5) is 29.2. The van der Waals surface area contributed by atoms with E-state index in [9.17, 15) is 9.59 Å². The van der Waals surface area contributed by atoms with Crippen LogP contribution in [0.2, 0.25) is 0 Å². The van der Waals surface area contributed by atoms with Crippen molar-refractivity contribution in [3.8, 4) is 11.5 Å². The number of carbonyl (C=O) groups excluding carboxylic acids is 1. The van der Waals surface area contributed by atoms with Crippen molar-refractivity contribution in [3.05, 3.63) is 48.0 Å². The van der Waals surface area contributed by atoms with Crippen LogP contribution in [0.15, 0.2) is 46.9 Å². The van der Waals surface area contributed by atoms with Crippen molar-refractivity contribution >= 4 is 28.7 Å². The number of anilines is 1. The summed E-state index contributed by atoms with van der Waals surface area (Å²) >= 11 is 0. The second kappa shape index (κ2) is 5.73. The highest BCUT2D eigenvalue weighted by molar-refractivity contribution is 6.00. The second-order valence-corrected chi connectivity index (χ2v) is 6.28. The van der Waals surface area contributed by atoms with E-state index in [0.29, 0.717) is 22.7 Å². The first-order valence-electron chi connectivity index (χ1n) is 8.02. The Kier molecular flexibility index (Phi) is 3.53. The maximum atomic E-state index is 12.1. The number of hydrogen-bond acceptors (Lipinski definition) is 4. The Hall–Kier alpha value is -3.15. The van der Waals surface area contributed by atoms with Gasteiger partial charge >= 0.3 is 5.97 Å². The van der Waals surface area contributed by atoms with Crippen molar-refractivity contribution in [2.75, 3.05) is 11.4 Å². The van der Waals surface area contributed by atoms with Crippen molar-refractivity contribution < 1.29 is 19.1 Å². The van der Waals surface area contributed by atoms with Gasteiger partial charge in [-0.3, -0.25) is 9.59 Å². The molecule has 0 radical (unpaired) electrons. The second-order valence-electron chi connectivity index (χ2n) is 6.28. The van der Waals surface area contributed by atoms with Gasteiger partial charge in [0, 0.05) is 30.3 Å². The Balaban J connectivity index is 1.68. The number of carboxylic acid groups (broad SMARTS) is 1. The topological polar surface area (TPSA) is 83.6 Å². The number of rotatable bonds is 3. The van der Waals surface area contributed by atoms with Crippen LogP contribution in [-0.2, 0) is 9.59 Å². The number of aliphatic carboxylic acids is 1. The van der Waals surface area contributed by atoms with Crippen LogP contribution in [0, 0.1) is 12.8 Å². The van der Waals surface area contributed by atoms with Gasteiger partial charge < -0.3 is 14.4 Å². The summed E-state index contributed by atoms with van der Waals surface area (Å²) in [5.41, 5.74) is 3.93. The van der Waals surface area contributed by atoms with Crippen molar-refractivity contribution in [1.29, 1.82) is 0 Å². The Morgan fingerprint density at radius 2 is 2.00 bits per heavy atom. The lowest BCUT2D eigenvalue weighted by molar-refractivity contribution is -0.141. The fourth-order valence-electron chi connectivity index (χ4n) is 3.02. The third-order valence-electron chi connectivity index (χ3n) is 4.46. The van der Waals surface area contributed by atoms with Crippen LogP contribution in [0.3, 0.4) is 0 Å². The number of hydrogen-bond donors (Lipinski definition) is 1. The van der Waals surface area contributed by atoms with Crippen molar-refractivity contribution in [1.82, 2.24) is 4.98 Å². The van der Waals surface area contributed by atoms with Gasteiger partial charge in [0.15, 0.2) is 5.58 Å². The summed E-state index contributed by atoms with van der Waals surface area (Å²) < 4.78 is 5.84. The van der Waals surface area contributed by atoms with E-state index in [1.165, 1.54) is 4.90 Å². The summed E-state index contributed by atoms with van der Waals surface area (Å²) in [6.07, 6.45) is 0.0262. The Bertz CT molecular complexity index is 975. The first-order valence-corrected chi connectivity index (χ1v) is 8.02. The number of fused-ring (bicyclic) bond motifs is 1. The Morgan fingerprint density at radius 1 is 1.24 bits per heavy atom. The van der Waals surface area contributed by atoms with Crippen LogP contribution in [-0.4, -0.2) is 28.5 Å². The van der Waals surface area contributed by atoms with Crippen molar-refractivity contribution in [3.63, 3.8) is 0 Å². The normalized spacial score (nSPS) is 17.4. The molecule has 1 saturated heterocycles. The fourth-order valence-corrected chi connectivity index (χ4v) is 3.02. The molecule has 0 spiro atoms. The lowest BCUT2D eigenvalue weighted by Crippen LogP contribution is -2.25. The molecule has 0 bridgehead atoms. The summed E-state index contributed by atoms with van der Waals surface area (Å²) in [6.45, 7) is 2.19. The zero-order chi connectivity index (χ0) is 17.6. The van der Waals surface area contributed by atoms with E-state index in [1.54, 1.807) is 18.2 Å². The van der Waals surface area contributed by atoms with Crippen LogP contribution in [0.5, 0.6) is 0 Å². The average Bonchev–Trinajstić information content (AvgIpc) is 3.18. The number of carboxylic acids is 1. The van der Waals surface area contributed by atoms with E-state index in [4.69, 9.17) is 9.52 Å². The largest absolute Gasteiger partial charge is 0.481 e. The number of aromatic nitrogens is 1. The summed E-state index contributed by atoms with van der Waals surface area (Å²) in [5, 5.41) is 9.11. The van der Waals surface area contributed by atoms with E-state index < -0.39 is 11.9 Å². The average molecular weight is 336 g/mol. The number of nitrogens with zero attached hydrogens (tertiary/aromatic N) is 2. The summed E-state index contributed by atoms with van der Waals surface area (Å²) in [7, 11) is 0. The standard InChI is InChI=1S/C19H16N2O4/c1-11-2-4-12(5-3-11)18-20-15-7-6-14(9-16(15)25-18)21-10-13(19(23)24)8-17(21)22/h2-7,9,13H,8,10H2,1H3,(H,23,24)/t13-/m1/s1. The number of amides is 1. The van der Waals surface area contributed by atoms with Crippen molar-refractivity contribution in [2.45, 2.75) is 13.3 Å². The maximum absolute atomic E-state index is 12.1. The van der Waals surface area contributed by atoms with E-state index in [0.717, 1.165) is 11.1 Å². The molecule has 6 heteroatoms. The molecule has 1 aromatic heterocycles. The first kappa shape index (κ1) is 15.4. The molecular weight excluding hydrogens is 320 g/mol. The molecule has 1 N–H and O–H groups in total. The van der Waals surface area contributed by atoms with Gasteiger partial charge in [-0.2, -0.15) is 0 Å². The van der Waals surface area contributed by atoms with Gasteiger partial charge in [-0.15, -0.1) is 0 Å². The molecular formula is C19H16N2O4. The summed E-state index contributed by atoms with van der Waals surface area (Å²) in [5.74, 6) is -1.28. The minimum Gasteiger partial charge on any atom is -0.481 e. The van der Waals surface area contributed by atoms with Crippen LogP contribution in [0.1, 0.15) is 12.0 Å². The molecule has 0 unspecified atom stereocenters. The smallest absolute Gasteiger partial charge is 0.308 e. The summed E-state index contributed by atoms with van der Waals surface area (Å²) in [6, 6.07) is 13.2. The van der Waals surface area contributed by atoms with Crippen LogP contribution in [0.4, 0.5) is 5.69 Å². The Labute approximate surface area is 143 Å². The number of benzene rings is 2. The lowest BCUT2D eigenvalue weighted by atomic mass is 10.1. The molecule has 3 aromatic rings. The third kappa shape index (κ3) is 2.76. The predicted octanol–water partition coefficient (Wildman–Crippen LogP) is 3.24. The van der Waals surface area contributed by atoms with E-state index >= 15 is 0 Å². The maximum Gasteiger partial charge on any atom is 0.308 e. The van der Waals surface area contributed by atoms with E-state index in [1.807, 2.05) is 31.2 Å². The third-order valence-corrected chi connectivity index (χ3v) is 4.46. The molecule has 1 aliphatic rings. The van der Waals surface area contributed by atoms with Gasteiger partial charge in [0.1, 0.15) is 5.52 Å². The highest BCUT2D eigenvalue weighted by Crippen LogP contribution is 2.30. The molecule has 0 aliphatic carbocycles. The molecule has 6 nitrogen and oxygen atoms in total. The predicted molar refractivity (Wildman–Crippen MR) is 92.3 cm³/mol. The molecule has 1 aliphatic heterocycles. The van der Waals surface area contributed by atoms with E-state index in [-0.39, 0.29) is 18.9 Å². The van der Waals surface area contributed by atoms with Gasteiger partial charge in [0.2, 0.25) is 11.8 Å². The molecule has 1 amide bonds. The molecule has 1 atom stereocenters. The zero-order valence-electron chi connectivity index (χ0n) is 13.6. The molecule has 2 heterocycles. The number of aryl methyl sites for hydroxylation is 1. The van der Waals surface area contributed by atoms with Crippen LogP contribution in [0.25, 0.3) is 22.6 Å². The molecule has 4 rings (SSSR count). The first-order chi connectivity index (χ1) is 12.0. The fraction of sp³-hybridized carbons (Fsp3) is 0.211. The van der Waals surface area contributed by atoms with Crippen LogP contribution >= 0.6 is 0 Å².